The van der Waals surface area contributed by atoms with Crippen molar-refractivity contribution < 1.29 is 4.79 Å². The molecule has 4 rings (SSSR count). The van der Waals surface area contributed by atoms with Crippen LogP contribution >= 0.6 is 0 Å². The maximum absolute atomic E-state index is 12.7. The Morgan fingerprint density at radius 3 is 2.52 bits per heavy atom. The molecule has 4 aromatic rings. The van der Waals surface area contributed by atoms with E-state index in [9.17, 15) is 4.79 Å². The molecule has 3 aromatic carbocycles. The summed E-state index contributed by atoms with van der Waals surface area (Å²) in [4.78, 5) is 17.0. The average Bonchev–Trinajstić information content (AvgIpc) is 2.61. The maximum Gasteiger partial charge on any atom is 0.256 e. The topological polar surface area (TPSA) is 42.0 Å². The second kappa shape index (κ2) is 5.54. The molecule has 3 heteroatoms. The van der Waals surface area contributed by atoms with Crippen molar-refractivity contribution in [3.63, 3.8) is 0 Å². The lowest BCUT2D eigenvalue weighted by molar-refractivity contribution is 0.102. The first-order chi connectivity index (χ1) is 11.3. The van der Waals surface area contributed by atoms with Gasteiger partial charge in [0.1, 0.15) is 0 Å². The van der Waals surface area contributed by atoms with Crippen LogP contribution < -0.4 is 5.32 Å². The van der Waals surface area contributed by atoms with E-state index in [1.165, 1.54) is 0 Å². The Labute approximate surface area is 133 Å². The predicted molar refractivity (Wildman–Crippen MR) is 93.6 cm³/mol. The molecule has 0 fully saturated rings. The molecule has 1 amide bonds. The highest BCUT2D eigenvalue weighted by atomic mass is 16.1. The van der Waals surface area contributed by atoms with Gasteiger partial charge in [-0.15, -0.1) is 0 Å². The number of nitrogens with zero attached hydrogens (tertiary/aromatic N) is 1. The first-order valence-corrected chi connectivity index (χ1v) is 7.46. The largest absolute Gasteiger partial charge is 0.321 e. The van der Waals surface area contributed by atoms with Gasteiger partial charge in [-0.2, -0.15) is 0 Å². The number of hydrogen-bond acceptors (Lipinski definition) is 2. The second-order valence-electron chi connectivity index (χ2n) is 5.36. The molecule has 23 heavy (non-hydrogen) atoms. The molecule has 0 saturated carbocycles. The number of hydrogen-bond donors (Lipinski definition) is 1. The lowest BCUT2D eigenvalue weighted by atomic mass is 10.1. The van der Waals surface area contributed by atoms with Gasteiger partial charge in [-0.25, -0.2) is 0 Å². The first kappa shape index (κ1) is 13.5. The summed E-state index contributed by atoms with van der Waals surface area (Å²) in [5.41, 5.74) is 2.26. The van der Waals surface area contributed by atoms with Crippen molar-refractivity contribution in [2.75, 3.05) is 5.32 Å². The monoisotopic (exact) mass is 298 g/mol. The molecule has 0 saturated heterocycles. The molecule has 0 bridgehead atoms. The van der Waals surface area contributed by atoms with Gasteiger partial charge >= 0.3 is 0 Å². The summed E-state index contributed by atoms with van der Waals surface area (Å²) < 4.78 is 0. The molecule has 110 valence electrons. The number of fused-ring (bicyclic) bond motifs is 2. The summed E-state index contributed by atoms with van der Waals surface area (Å²) >= 11 is 0. The van der Waals surface area contributed by atoms with Crippen LogP contribution in [0.5, 0.6) is 0 Å². The fourth-order valence-electron chi connectivity index (χ4n) is 2.83. The minimum atomic E-state index is -0.125. The first-order valence-electron chi connectivity index (χ1n) is 7.46. The van der Waals surface area contributed by atoms with Crippen LogP contribution in [0, 0.1) is 0 Å². The van der Waals surface area contributed by atoms with Crippen LogP contribution in [0.1, 0.15) is 10.4 Å². The van der Waals surface area contributed by atoms with Crippen LogP contribution in [0.4, 0.5) is 5.69 Å². The molecule has 0 radical (unpaired) electrons. The highest BCUT2D eigenvalue weighted by Crippen LogP contribution is 2.24. The van der Waals surface area contributed by atoms with E-state index < -0.39 is 0 Å². The lowest BCUT2D eigenvalue weighted by Gasteiger charge is -2.10. The number of rotatable bonds is 2. The number of carbonyl (C=O) groups excluding carboxylic acids is 1. The molecule has 0 unspecified atom stereocenters. The SMILES string of the molecule is O=C(Nc1cccc2ccccc12)c1cccc2ncccc12. The zero-order valence-corrected chi connectivity index (χ0v) is 12.4. The molecule has 0 aliphatic heterocycles. The zero-order valence-electron chi connectivity index (χ0n) is 12.4. The van der Waals surface area contributed by atoms with E-state index in [0.29, 0.717) is 5.56 Å². The normalized spacial score (nSPS) is 10.8. The molecular weight excluding hydrogens is 284 g/mol. The highest BCUT2D eigenvalue weighted by Gasteiger charge is 2.11. The van der Waals surface area contributed by atoms with E-state index in [0.717, 1.165) is 27.4 Å². The van der Waals surface area contributed by atoms with Crippen LogP contribution in [0.2, 0.25) is 0 Å². The Balaban J connectivity index is 1.77. The number of carbonyl (C=O) groups is 1. The fourth-order valence-corrected chi connectivity index (χ4v) is 2.83. The van der Waals surface area contributed by atoms with E-state index >= 15 is 0 Å². The summed E-state index contributed by atoms with van der Waals surface area (Å²) in [7, 11) is 0. The summed E-state index contributed by atoms with van der Waals surface area (Å²) in [6.07, 6.45) is 1.73. The average molecular weight is 298 g/mol. The minimum Gasteiger partial charge on any atom is -0.321 e. The summed E-state index contributed by atoms with van der Waals surface area (Å²) in [6, 6.07) is 23.3. The lowest BCUT2D eigenvalue weighted by Crippen LogP contribution is -2.12. The molecule has 3 nitrogen and oxygen atoms in total. The van der Waals surface area contributed by atoms with Crippen LogP contribution in [-0.2, 0) is 0 Å². The summed E-state index contributed by atoms with van der Waals surface area (Å²) in [5.74, 6) is -0.125. The van der Waals surface area contributed by atoms with Crippen molar-refractivity contribution in [1.82, 2.24) is 4.98 Å². The van der Waals surface area contributed by atoms with Gasteiger partial charge in [-0.1, -0.05) is 48.5 Å². The number of aromatic nitrogens is 1. The maximum atomic E-state index is 12.7. The third kappa shape index (κ3) is 2.42. The third-order valence-corrected chi connectivity index (χ3v) is 3.93. The van der Waals surface area contributed by atoms with E-state index in [2.05, 4.69) is 10.3 Å². The Morgan fingerprint density at radius 2 is 1.57 bits per heavy atom. The smallest absolute Gasteiger partial charge is 0.256 e. The number of anilines is 1. The Hall–Kier alpha value is -3.20. The minimum absolute atomic E-state index is 0.125. The second-order valence-corrected chi connectivity index (χ2v) is 5.36. The molecular formula is C20H14N2O. The molecule has 1 N–H and O–H groups in total. The Kier molecular flexibility index (Phi) is 3.24. The summed E-state index contributed by atoms with van der Waals surface area (Å²) in [5, 5.41) is 6.01. The quantitative estimate of drug-likeness (QED) is 0.585. The van der Waals surface area contributed by atoms with Gasteiger partial charge in [-0.05, 0) is 29.7 Å². The van der Waals surface area contributed by atoms with Crippen LogP contribution in [0.25, 0.3) is 21.7 Å². The Bertz CT molecular complexity index is 1010. The molecule has 1 aromatic heterocycles. The van der Waals surface area contributed by atoms with Crippen molar-refractivity contribution in [2.24, 2.45) is 0 Å². The number of amides is 1. The zero-order chi connectivity index (χ0) is 15.6. The van der Waals surface area contributed by atoms with Crippen molar-refractivity contribution in [1.29, 1.82) is 0 Å². The van der Waals surface area contributed by atoms with Gasteiger partial charge < -0.3 is 5.32 Å². The molecule has 0 aliphatic carbocycles. The highest BCUT2D eigenvalue weighted by molar-refractivity contribution is 6.14. The van der Waals surface area contributed by atoms with Gasteiger partial charge in [-0.3, -0.25) is 9.78 Å². The van der Waals surface area contributed by atoms with Crippen molar-refractivity contribution in [3.05, 3.63) is 84.6 Å². The van der Waals surface area contributed by atoms with Crippen molar-refractivity contribution in [3.8, 4) is 0 Å². The predicted octanol–water partition coefficient (Wildman–Crippen LogP) is 4.64. The standard InChI is InChI=1S/C20H14N2O/c23-20(17-9-4-11-18-16(17)10-5-13-21-18)22-19-12-3-7-14-6-1-2-8-15(14)19/h1-13H,(H,22,23). The molecule has 0 atom stereocenters. The van der Waals surface area contributed by atoms with E-state index in [4.69, 9.17) is 0 Å². The van der Waals surface area contributed by atoms with Gasteiger partial charge in [0.05, 0.1) is 5.52 Å². The van der Waals surface area contributed by atoms with Crippen molar-refractivity contribution in [2.45, 2.75) is 0 Å². The third-order valence-electron chi connectivity index (χ3n) is 3.93. The number of pyridine rings is 1. The van der Waals surface area contributed by atoms with Crippen LogP contribution in [0.15, 0.2) is 79.0 Å². The Morgan fingerprint density at radius 1 is 0.783 bits per heavy atom. The van der Waals surface area contributed by atoms with Crippen LogP contribution in [0.3, 0.4) is 0 Å². The van der Waals surface area contributed by atoms with Gasteiger partial charge in [0.15, 0.2) is 0 Å². The van der Waals surface area contributed by atoms with Gasteiger partial charge in [0.25, 0.3) is 5.91 Å². The van der Waals surface area contributed by atoms with Crippen LogP contribution in [-0.4, -0.2) is 10.9 Å². The number of nitrogens with one attached hydrogen (secondary N) is 1. The van der Waals surface area contributed by atoms with E-state index in [1.807, 2.05) is 72.8 Å². The van der Waals surface area contributed by atoms with E-state index in [-0.39, 0.29) is 5.91 Å². The molecule has 1 heterocycles. The van der Waals surface area contributed by atoms with Crippen molar-refractivity contribution >= 4 is 33.3 Å². The van der Waals surface area contributed by atoms with Gasteiger partial charge in [0.2, 0.25) is 0 Å². The van der Waals surface area contributed by atoms with Gasteiger partial charge in [0, 0.05) is 28.2 Å². The molecule has 0 aliphatic rings. The van der Waals surface area contributed by atoms with E-state index in [1.54, 1.807) is 6.20 Å². The summed E-state index contributed by atoms with van der Waals surface area (Å²) in [6.45, 7) is 0. The fraction of sp³-hybridized carbons (Fsp3) is 0. The number of benzene rings is 3. The molecule has 0 spiro atoms.